The number of piperazine rings is 1. The summed E-state index contributed by atoms with van der Waals surface area (Å²) in [6, 6.07) is 22.2. The third kappa shape index (κ3) is 5.19. The van der Waals surface area contributed by atoms with E-state index in [0.717, 1.165) is 16.9 Å². The van der Waals surface area contributed by atoms with Gasteiger partial charge in [0.25, 0.3) is 0 Å². The highest BCUT2D eigenvalue weighted by Gasteiger charge is 2.23. The quantitative estimate of drug-likeness (QED) is 0.368. The van der Waals surface area contributed by atoms with E-state index in [2.05, 4.69) is 15.1 Å². The molecule has 0 aliphatic carbocycles. The Morgan fingerprint density at radius 2 is 1.40 bits per heavy atom. The Morgan fingerprint density at radius 1 is 0.771 bits per heavy atom. The lowest BCUT2D eigenvalue weighted by Crippen LogP contribution is -2.49. The van der Waals surface area contributed by atoms with Crippen molar-refractivity contribution in [2.24, 2.45) is 0 Å². The van der Waals surface area contributed by atoms with Crippen molar-refractivity contribution >= 4 is 23.4 Å². The summed E-state index contributed by atoms with van der Waals surface area (Å²) < 4.78 is 28.5. The SMILES string of the molecule is O=C(CSc1nnc(-c2ccc(F)cc2)n1-c1ccccc1)N1CCN(c2ccc(F)cc2)CC1. The number of thioether (sulfide) groups is 1. The number of para-hydroxylation sites is 1. The Bertz CT molecular complexity index is 1290. The van der Waals surface area contributed by atoms with Crippen molar-refractivity contribution in [1.29, 1.82) is 0 Å². The minimum absolute atomic E-state index is 0.0275. The van der Waals surface area contributed by atoms with E-state index < -0.39 is 0 Å². The molecule has 178 valence electrons. The molecule has 0 atom stereocenters. The van der Waals surface area contributed by atoms with E-state index in [4.69, 9.17) is 0 Å². The first-order chi connectivity index (χ1) is 17.1. The number of amides is 1. The summed E-state index contributed by atoms with van der Waals surface area (Å²) in [4.78, 5) is 17.0. The molecule has 2 heterocycles. The van der Waals surface area contributed by atoms with Crippen LogP contribution in [0.5, 0.6) is 0 Å². The largest absolute Gasteiger partial charge is 0.368 e. The van der Waals surface area contributed by atoms with Crippen molar-refractivity contribution < 1.29 is 13.6 Å². The highest BCUT2D eigenvalue weighted by molar-refractivity contribution is 7.99. The summed E-state index contributed by atoms with van der Waals surface area (Å²) in [6.07, 6.45) is 0. The van der Waals surface area contributed by atoms with Crippen LogP contribution in [0.1, 0.15) is 0 Å². The Labute approximate surface area is 206 Å². The van der Waals surface area contributed by atoms with Crippen LogP contribution in [0.15, 0.2) is 84.0 Å². The molecule has 1 aliphatic rings. The van der Waals surface area contributed by atoms with E-state index >= 15 is 0 Å². The lowest BCUT2D eigenvalue weighted by molar-refractivity contribution is -0.128. The zero-order valence-corrected chi connectivity index (χ0v) is 19.7. The molecule has 0 saturated carbocycles. The number of hydrogen-bond acceptors (Lipinski definition) is 5. The number of anilines is 1. The molecule has 1 aromatic heterocycles. The molecule has 5 rings (SSSR count). The van der Waals surface area contributed by atoms with E-state index in [1.54, 1.807) is 24.3 Å². The van der Waals surface area contributed by atoms with Gasteiger partial charge in [-0.25, -0.2) is 8.78 Å². The van der Waals surface area contributed by atoms with Gasteiger partial charge in [-0.1, -0.05) is 30.0 Å². The van der Waals surface area contributed by atoms with Crippen LogP contribution in [0.2, 0.25) is 0 Å². The van der Waals surface area contributed by atoms with Gasteiger partial charge in [0, 0.05) is 43.1 Å². The third-order valence-electron chi connectivity index (χ3n) is 5.90. The molecule has 0 bridgehead atoms. The first-order valence-corrected chi connectivity index (χ1v) is 12.2. The van der Waals surface area contributed by atoms with Gasteiger partial charge in [0.2, 0.25) is 5.91 Å². The smallest absolute Gasteiger partial charge is 0.233 e. The second kappa shape index (κ2) is 10.3. The standard InChI is InChI=1S/C26H23F2N5OS/c27-20-8-6-19(7-9-20)25-29-30-26(33(25)23-4-2-1-3-5-23)35-18-24(34)32-16-14-31(15-17-32)22-12-10-21(28)11-13-22/h1-13H,14-18H2. The number of nitrogens with zero attached hydrogens (tertiary/aromatic N) is 5. The van der Waals surface area contributed by atoms with Crippen LogP contribution in [-0.4, -0.2) is 57.5 Å². The van der Waals surface area contributed by atoms with Crippen LogP contribution in [0, 0.1) is 11.6 Å². The summed E-state index contributed by atoms with van der Waals surface area (Å²) in [6.45, 7) is 2.58. The number of aromatic nitrogens is 3. The highest BCUT2D eigenvalue weighted by Crippen LogP contribution is 2.28. The molecule has 1 fully saturated rings. The van der Waals surface area contributed by atoms with Gasteiger partial charge in [-0.2, -0.15) is 0 Å². The van der Waals surface area contributed by atoms with Gasteiger partial charge in [-0.3, -0.25) is 9.36 Å². The molecule has 0 N–H and O–H groups in total. The Kier molecular flexibility index (Phi) is 6.76. The van der Waals surface area contributed by atoms with Crippen LogP contribution in [0.3, 0.4) is 0 Å². The molecule has 9 heteroatoms. The minimum Gasteiger partial charge on any atom is -0.368 e. The number of carbonyl (C=O) groups is 1. The van der Waals surface area contributed by atoms with Gasteiger partial charge in [0.15, 0.2) is 11.0 Å². The minimum atomic E-state index is -0.320. The fourth-order valence-electron chi connectivity index (χ4n) is 4.04. The Balaban J connectivity index is 1.28. The maximum atomic E-state index is 13.4. The molecule has 4 aromatic rings. The second-order valence-corrected chi connectivity index (χ2v) is 9.06. The van der Waals surface area contributed by atoms with Crippen LogP contribution in [0.25, 0.3) is 17.1 Å². The van der Waals surface area contributed by atoms with Gasteiger partial charge in [0.1, 0.15) is 11.6 Å². The van der Waals surface area contributed by atoms with Crippen molar-refractivity contribution in [3.63, 3.8) is 0 Å². The zero-order chi connectivity index (χ0) is 24.2. The Hall–Kier alpha value is -3.72. The van der Waals surface area contributed by atoms with Crippen LogP contribution < -0.4 is 4.90 Å². The van der Waals surface area contributed by atoms with E-state index in [0.29, 0.717) is 37.2 Å². The van der Waals surface area contributed by atoms with Crippen molar-refractivity contribution in [3.05, 3.63) is 90.5 Å². The summed E-state index contributed by atoms with van der Waals surface area (Å²) in [7, 11) is 0. The van der Waals surface area contributed by atoms with Crippen molar-refractivity contribution in [1.82, 2.24) is 19.7 Å². The van der Waals surface area contributed by atoms with E-state index in [-0.39, 0.29) is 23.3 Å². The molecule has 3 aromatic carbocycles. The molecule has 35 heavy (non-hydrogen) atoms. The van der Waals surface area contributed by atoms with Crippen LogP contribution in [-0.2, 0) is 4.79 Å². The van der Waals surface area contributed by atoms with Crippen LogP contribution in [0.4, 0.5) is 14.5 Å². The average molecular weight is 492 g/mol. The normalized spacial score (nSPS) is 13.8. The van der Waals surface area contributed by atoms with E-state index in [1.165, 1.54) is 36.0 Å². The van der Waals surface area contributed by atoms with Gasteiger partial charge >= 0.3 is 0 Å². The zero-order valence-electron chi connectivity index (χ0n) is 18.8. The van der Waals surface area contributed by atoms with Crippen molar-refractivity contribution in [2.75, 3.05) is 36.8 Å². The maximum absolute atomic E-state index is 13.4. The van der Waals surface area contributed by atoms with Crippen molar-refractivity contribution in [3.8, 4) is 17.1 Å². The molecule has 1 amide bonds. The number of benzene rings is 3. The van der Waals surface area contributed by atoms with Gasteiger partial charge in [-0.05, 0) is 60.7 Å². The number of hydrogen-bond donors (Lipinski definition) is 0. The topological polar surface area (TPSA) is 54.3 Å². The van der Waals surface area contributed by atoms with Gasteiger partial charge in [0.05, 0.1) is 5.75 Å². The molecule has 0 radical (unpaired) electrons. The highest BCUT2D eigenvalue weighted by atomic mass is 32.2. The molecule has 6 nitrogen and oxygen atoms in total. The predicted molar refractivity (Wildman–Crippen MR) is 133 cm³/mol. The second-order valence-electron chi connectivity index (χ2n) is 8.12. The number of rotatable bonds is 6. The van der Waals surface area contributed by atoms with Gasteiger partial charge in [-0.15, -0.1) is 10.2 Å². The van der Waals surface area contributed by atoms with Crippen molar-refractivity contribution in [2.45, 2.75) is 5.16 Å². The monoisotopic (exact) mass is 491 g/mol. The molecule has 0 unspecified atom stereocenters. The summed E-state index contributed by atoms with van der Waals surface area (Å²) in [5.74, 6) is 0.258. The lowest BCUT2D eigenvalue weighted by Gasteiger charge is -2.36. The first kappa shape index (κ1) is 23.0. The van der Waals surface area contributed by atoms with Gasteiger partial charge < -0.3 is 9.80 Å². The lowest BCUT2D eigenvalue weighted by atomic mass is 10.2. The number of halogens is 2. The molecule has 1 saturated heterocycles. The first-order valence-electron chi connectivity index (χ1n) is 11.3. The van der Waals surface area contributed by atoms with Crippen LogP contribution >= 0.6 is 11.8 Å². The summed E-state index contributed by atoms with van der Waals surface area (Å²) in [5.41, 5.74) is 2.55. The fraction of sp³-hybridized carbons (Fsp3) is 0.192. The van der Waals surface area contributed by atoms with E-state index in [9.17, 15) is 13.6 Å². The van der Waals surface area contributed by atoms with E-state index in [1.807, 2.05) is 39.8 Å². The number of carbonyl (C=O) groups excluding carboxylic acids is 1. The summed E-state index contributed by atoms with van der Waals surface area (Å²) >= 11 is 1.33. The maximum Gasteiger partial charge on any atom is 0.233 e. The Morgan fingerprint density at radius 3 is 2.06 bits per heavy atom. The molecule has 0 spiro atoms. The molecule has 1 aliphatic heterocycles. The fourth-order valence-corrected chi connectivity index (χ4v) is 4.90. The third-order valence-corrected chi connectivity index (χ3v) is 6.81. The molecular formula is C26H23F2N5OS. The average Bonchev–Trinajstić information content (AvgIpc) is 3.33. The predicted octanol–water partition coefficient (Wildman–Crippen LogP) is 4.65. The molecular weight excluding hydrogens is 468 g/mol. The summed E-state index contributed by atoms with van der Waals surface area (Å²) in [5, 5.41) is 9.28.